The van der Waals surface area contributed by atoms with Crippen LogP contribution in [-0.2, 0) is 11.2 Å². The van der Waals surface area contributed by atoms with E-state index < -0.39 is 0 Å². The van der Waals surface area contributed by atoms with Gasteiger partial charge in [-0.15, -0.1) is 0 Å². The van der Waals surface area contributed by atoms with Crippen molar-refractivity contribution in [2.75, 3.05) is 6.54 Å². The minimum absolute atomic E-state index is 0.0411. The maximum absolute atomic E-state index is 11.9. The molecule has 0 unspecified atom stereocenters. The average Bonchev–Trinajstić information content (AvgIpc) is 2.73. The molecule has 0 radical (unpaired) electrons. The molecular formula is C26H43NO3. The fraction of sp³-hybridized carbons (Fsp3) is 0.654. The van der Waals surface area contributed by atoms with Crippen LogP contribution in [0.1, 0.15) is 102 Å². The van der Waals surface area contributed by atoms with Crippen LogP contribution in [0.4, 0.5) is 0 Å². The highest BCUT2D eigenvalue weighted by atomic mass is 16.3. The van der Waals surface area contributed by atoms with Gasteiger partial charge in [0.05, 0.1) is 6.42 Å². The lowest BCUT2D eigenvalue weighted by atomic mass is 10.1. The summed E-state index contributed by atoms with van der Waals surface area (Å²) in [7, 11) is 0. The van der Waals surface area contributed by atoms with Gasteiger partial charge in [0.15, 0.2) is 0 Å². The first kappa shape index (κ1) is 26.1. The Morgan fingerprint density at radius 2 is 1.40 bits per heavy atom. The molecule has 0 aliphatic rings. The number of rotatable bonds is 18. The summed E-state index contributed by atoms with van der Waals surface area (Å²) >= 11 is 0. The van der Waals surface area contributed by atoms with E-state index in [2.05, 4.69) is 24.4 Å². The van der Waals surface area contributed by atoms with Gasteiger partial charge in [-0.05, 0) is 50.3 Å². The zero-order valence-electron chi connectivity index (χ0n) is 19.0. The number of aromatic hydroxyl groups is 2. The molecule has 0 aromatic heterocycles. The largest absolute Gasteiger partial charge is 0.508 e. The third-order valence-electron chi connectivity index (χ3n) is 5.42. The van der Waals surface area contributed by atoms with Gasteiger partial charge in [-0.25, -0.2) is 0 Å². The van der Waals surface area contributed by atoms with E-state index in [1.807, 2.05) is 0 Å². The highest BCUT2D eigenvalue weighted by Gasteiger charge is 2.08. The smallest absolute Gasteiger partial charge is 0.224 e. The standard InChI is InChI=1S/C26H43NO3/c1-2-3-4-5-6-7-8-9-10-11-12-13-14-15-16-17-20-27-26(30)22-23-21-24(28)18-19-25(23)29/h10-11,18-19,21,28-29H,2-9,12-17,20,22H2,1H3,(H,27,30)/b11-10-. The minimum Gasteiger partial charge on any atom is -0.508 e. The summed E-state index contributed by atoms with van der Waals surface area (Å²) in [6.45, 7) is 2.93. The van der Waals surface area contributed by atoms with Gasteiger partial charge in [0, 0.05) is 12.1 Å². The Kier molecular flexibility index (Phi) is 15.5. The van der Waals surface area contributed by atoms with Crippen LogP contribution in [0, 0.1) is 0 Å². The summed E-state index contributed by atoms with van der Waals surface area (Å²) in [6, 6.07) is 4.24. The lowest BCUT2D eigenvalue weighted by Crippen LogP contribution is -2.26. The lowest BCUT2D eigenvalue weighted by molar-refractivity contribution is -0.120. The Labute approximate surface area is 183 Å². The van der Waals surface area contributed by atoms with Gasteiger partial charge in [0.2, 0.25) is 5.91 Å². The predicted octanol–water partition coefficient (Wildman–Crippen LogP) is 6.79. The zero-order chi connectivity index (χ0) is 21.9. The molecule has 0 aliphatic carbocycles. The number of hydrogen-bond donors (Lipinski definition) is 3. The van der Waals surface area contributed by atoms with Gasteiger partial charge in [-0.2, -0.15) is 0 Å². The molecule has 1 aromatic rings. The van der Waals surface area contributed by atoms with Crippen molar-refractivity contribution in [3.63, 3.8) is 0 Å². The molecule has 30 heavy (non-hydrogen) atoms. The quantitative estimate of drug-likeness (QED) is 0.140. The van der Waals surface area contributed by atoms with E-state index in [0.717, 1.165) is 12.8 Å². The number of phenols is 2. The number of unbranched alkanes of at least 4 members (excludes halogenated alkanes) is 12. The van der Waals surface area contributed by atoms with Crippen molar-refractivity contribution >= 4 is 5.91 Å². The maximum Gasteiger partial charge on any atom is 0.224 e. The number of phenolic OH excluding ortho intramolecular Hbond substituents is 2. The van der Waals surface area contributed by atoms with Gasteiger partial charge in [-0.1, -0.05) is 76.9 Å². The number of carbonyl (C=O) groups excluding carboxylic acids is 1. The second-order valence-electron chi connectivity index (χ2n) is 8.28. The van der Waals surface area contributed by atoms with Crippen LogP contribution in [0.2, 0.25) is 0 Å². The summed E-state index contributed by atoms with van der Waals surface area (Å²) in [5, 5.41) is 22.0. The van der Waals surface area contributed by atoms with E-state index >= 15 is 0 Å². The highest BCUT2D eigenvalue weighted by Crippen LogP contribution is 2.22. The van der Waals surface area contributed by atoms with Crippen molar-refractivity contribution < 1.29 is 15.0 Å². The monoisotopic (exact) mass is 417 g/mol. The van der Waals surface area contributed by atoms with Crippen LogP contribution >= 0.6 is 0 Å². The van der Waals surface area contributed by atoms with Crippen molar-refractivity contribution in [1.29, 1.82) is 0 Å². The number of nitrogens with one attached hydrogen (secondary N) is 1. The van der Waals surface area contributed by atoms with Crippen LogP contribution in [0.5, 0.6) is 11.5 Å². The summed E-state index contributed by atoms with van der Waals surface area (Å²) in [5.74, 6) is -0.0235. The Morgan fingerprint density at radius 3 is 2.03 bits per heavy atom. The van der Waals surface area contributed by atoms with Crippen molar-refractivity contribution in [2.45, 2.75) is 103 Å². The van der Waals surface area contributed by atoms with Crippen LogP contribution in [-0.4, -0.2) is 22.7 Å². The van der Waals surface area contributed by atoms with E-state index in [9.17, 15) is 15.0 Å². The third-order valence-corrected chi connectivity index (χ3v) is 5.42. The first-order valence-corrected chi connectivity index (χ1v) is 12.1. The van der Waals surface area contributed by atoms with E-state index in [4.69, 9.17) is 0 Å². The Hall–Kier alpha value is -1.97. The van der Waals surface area contributed by atoms with Crippen molar-refractivity contribution in [1.82, 2.24) is 5.32 Å². The average molecular weight is 418 g/mol. The topological polar surface area (TPSA) is 69.6 Å². The molecule has 0 aliphatic heterocycles. The first-order chi connectivity index (χ1) is 14.6. The zero-order valence-corrected chi connectivity index (χ0v) is 19.0. The van der Waals surface area contributed by atoms with E-state index in [1.165, 1.54) is 95.2 Å². The molecule has 1 aromatic carbocycles. The van der Waals surface area contributed by atoms with Crippen molar-refractivity contribution in [2.24, 2.45) is 0 Å². The highest BCUT2D eigenvalue weighted by molar-refractivity contribution is 5.79. The third kappa shape index (κ3) is 14.1. The van der Waals surface area contributed by atoms with Gasteiger partial charge in [0.1, 0.15) is 11.5 Å². The normalized spacial score (nSPS) is 11.2. The van der Waals surface area contributed by atoms with Crippen LogP contribution in [0.15, 0.2) is 30.4 Å². The minimum atomic E-state index is -0.123. The second kappa shape index (κ2) is 17.9. The maximum atomic E-state index is 11.9. The van der Waals surface area contributed by atoms with Crippen molar-refractivity contribution in [3.8, 4) is 11.5 Å². The predicted molar refractivity (Wildman–Crippen MR) is 126 cm³/mol. The molecule has 170 valence electrons. The summed E-state index contributed by atoms with van der Waals surface area (Å²) in [6.07, 6.45) is 22.6. The SMILES string of the molecule is CCCCCCCCC/C=C\CCCCCCCNC(=O)Cc1cc(O)ccc1O. The van der Waals surface area contributed by atoms with Crippen LogP contribution < -0.4 is 5.32 Å². The van der Waals surface area contributed by atoms with Gasteiger partial charge < -0.3 is 15.5 Å². The lowest BCUT2D eigenvalue weighted by Gasteiger charge is -2.07. The van der Waals surface area contributed by atoms with E-state index in [0.29, 0.717) is 12.1 Å². The summed E-state index contributed by atoms with van der Waals surface area (Å²) in [4.78, 5) is 11.9. The molecule has 0 saturated heterocycles. The van der Waals surface area contributed by atoms with Crippen LogP contribution in [0.25, 0.3) is 0 Å². The number of carbonyl (C=O) groups is 1. The number of benzene rings is 1. The molecule has 4 nitrogen and oxygen atoms in total. The van der Waals surface area contributed by atoms with Crippen LogP contribution in [0.3, 0.4) is 0 Å². The number of amides is 1. The molecule has 3 N–H and O–H groups in total. The van der Waals surface area contributed by atoms with Gasteiger partial charge >= 0.3 is 0 Å². The molecule has 0 spiro atoms. The molecule has 1 amide bonds. The second-order valence-corrected chi connectivity index (χ2v) is 8.28. The molecule has 0 saturated carbocycles. The Morgan fingerprint density at radius 1 is 0.833 bits per heavy atom. The fourth-order valence-electron chi connectivity index (χ4n) is 3.55. The molecule has 4 heteroatoms. The molecule has 0 heterocycles. The molecule has 1 rings (SSSR count). The van der Waals surface area contributed by atoms with E-state index in [-0.39, 0.29) is 23.8 Å². The summed E-state index contributed by atoms with van der Waals surface area (Å²) in [5.41, 5.74) is 0.451. The molecular weight excluding hydrogens is 374 g/mol. The Bertz CT molecular complexity index is 598. The molecule has 0 fully saturated rings. The molecule has 0 bridgehead atoms. The first-order valence-electron chi connectivity index (χ1n) is 12.1. The summed E-state index contributed by atoms with van der Waals surface area (Å²) < 4.78 is 0. The number of hydrogen-bond acceptors (Lipinski definition) is 3. The van der Waals surface area contributed by atoms with Gasteiger partial charge in [0.25, 0.3) is 0 Å². The molecule has 0 atom stereocenters. The van der Waals surface area contributed by atoms with Gasteiger partial charge in [-0.3, -0.25) is 4.79 Å². The fourth-order valence-corrected chi connectivity index (χ4v) is 3.55. The number of allylic oxidation sites excluding steroid dienone is 2. The Balaban J connectivity index is 1.88. The van der Waals surface area contributed by atoms with E-state index in [1.54, 1.807) is 0 Å². The van der Waals surface area contributed by atoms with Crippen molar-refractivity contribution in [3.05, 3.63) is 35.9 Å².